The van der Waals surface area contributed by atoms with E-state index in [-0.39, 0.29) is 5.78 Å². The van der Waals surface area contributed by atoms with E-state index in [9.17, 15) is 13.2 Å². The summed E-state index contributed by atoms with van der Waals surface area (Å²) < 4.78 is 23.9. The predicted molar refractivity (Wildman–Crippen MR) is 62.0 cm³/mol. The monoisotopic (exact) mass is 249 g/mol. The Hall–Kier alpha value is -0.490. The Morgan fingerprint density at radius 2 is 2.27 bits per heavy atom. The third-order valence-corrected chi connectivity index (χ3v) is 4.14. The fraction of sp³-hybridized carbons (Fsp3) is 0.667. The number of hydrogen-bond donors (Lipinski definition) is 1. The van der Waals surface area contributed by atoms with Crippen LogP contribution in [-0.2, 0) is 14.8 Å². The van der Waals surface area contributed by atoms with Crippen molar-refractivity contribution in [3.63, 3.8) is 0 Å². The van der Waals surface area contributed by atoms with Crippen LogP contribution in [0.25, 0.3) is 0 Å². The quantitative estimate of drug-likeness (QED) is 0.814. The summed E-state index contributed by atoms with van der Waals surface area (Å²) >= 11 is 1.39. The Labute approximate surface area is 94.6 Å². The molecule has 6 heteroatoms. The molecule has 0 aromatic heterocycles. The number of thioether (sulfide) groups is 1. The van der Waals surface area contributed by atoms with Gasteiger partial charge in [-0.25, -0.2) is 8.42 Å². The lowest BCUT2D eigenvalue weighted by molar-refractivity contribution is -0.120. The van der Waals surface area contributed by atoms with Crippen LogP contribution in [0.3, 0.4) is 0 Å². The molecule has 0 aliphatic carbocycles. The zero-order chi connectivity index (χ0) is 11.7. The average Bonchev–Trinajstić information content (AvgIpc) is 2.44. The summed E-state index contributed by atoms with van der Waals surface area (Å²) in [7, 11) is -3.23. The molecule has 1 heterocycles. The van der Waals surface area contributed by atoms with Gasteiger partial charge >= 0.3 is 0 Å². The second-order valence-electron chi connectivity index (χ2n) is 3.82. The van der Waals surface area contributed by atoms with Crippen LogP contribution in [-0.4, -0.2) is 25.2 Å². The van der Waals surface area contributed by atoms with Crippen LogP contribution >= 0.6 is 11.8 Å². The maximum atomic E-state index is 11.6. The van der Waals surface area contributed by atoms with Crippen molar-refractivity contribution in [2.24, 2.45) is 0 Å². The summed E-state index contributed by atoms with van der Waals surface area (Å²) in [6.45, 7) is 3.66. The van der Waals surface area contributed by atoms with Crippen molar-refractivity contribution in [3.8, 4) is 0 Å². The maximum Gasteiger partial charge on any atom is 0.229 e. The van der Waals surface area contributed by atoms with Gasteiger partial charge in [-0.15, -0.1) is 11.8 Å². The minimum atomic E-state index is -3.23. The van der Waals surface area contributed by atoms with E-state index >= 15 is 0 Å². The highest BCUT2D eigenvalue weighted by atomic mass is 32.2. The minimum Gasteiger partial charge on any atom is -0.298 e. The van der Waals surface area contributed by atoms with E-state index in [1.165, 1.54) is 11.8 Å². The molecular formula is C9H15NO3S2. The minimum absolute atomic E-state index is 0.147. The SMILES string of the molecule is CCC(=O)[C@]1(C)CC(NS(C)(=O)=O)=CS1. The number of allylic oxidation sites excluding steroid dienone is 1. The first-order chi connectivity index (χ1) is 6.77. The van der Waals surface area contributed by atoms with E-state index in [0.717, 1.165) is 6.26 Å². The molecule has 1 aliphatic heterocycles. The molecule has 1 atom stereocenters. The van der Waals surface area contributed by atoms with Crippen molar-refractivity contribution in [3.05, 3.63) is 11.1 Å². The second kappa shape index (κ2) is 4.17. The van der Waals surface area contributed by atoms with Crippen LogP contribution < -0.4 is 4.72 Å². The number of sulfonamides is 1. The largest absolute Gasteiger partial charge is 0.298 e. The van der Waals surface area contributed by atoms with Gasteiger partial charge in [-0.05, 0) is 12.3 Å². The van der Waals surface area contributed by atoms with E-state index in [2.05, 4.69) is 4.72 Å². The molecule has 0 saturated carbocycles. The lowest BCUT2D eigenvalue weighted by Gasteiger charge is -2.20. The third kappa shape index (κ3) is 3.24. The molecule has 0 radical (unpaired) electrons. The van der Waals surface area contributed by atoms with Gasteiger partial charge in [-0.1, -0.05) is 6.92 Å². The van der Waals surface area contributed by atoms with Crippen LogP contribution in [0.5, 0.6) is 0 Å². The lowest BCUT2D eigenvalue weighted by Crippen LogP contribution is -2.31. The van der Waals surface area contributed by atoms with E-state index in [0.29, 0.717) is 18.5 Å². The molecule has 0 saturated heterocycles. The summed E-state index contributed by atoms with van der Waals surface area (Å²) in [5.41, 5.74) is 0.604. The van der Waals surface area contributed by atoms with E-state index < -0.39 is 14.8 Å². The van der Waals surface area contributed by atoms with Crippen LogP contribution in [0.4, 0.5) is 0 Å². The summed E-state index contributed by atoms with van der Waals surface area (Å²) in [6, 6.07) is 0. The molecule has 0 unspecified atom stereocenters. The highest BCUT2D eigenvalue weighted by Gasteiger charge is 2.37. The smallest absolute Gasteiger partial charge is 0.229 e. The van der Waals surface area contributed by atoms with Crippen molar-refractivity contribution in [2.45, 2.75) is 31.4 Å². The molecule has 0 aromatic rings. The Bertz CT molecular complexity index is 400. The van der Waals surface area contributed by atoms with E-state index in [1.54, 1.807) is 5.41 Å². The molecule has 0 fully saturated rings. The Morgan fingerprint density at radius 1 is 1.67 bits per heavy atom. The van der Waals surface area contributed by atoms with Gasteiger partial charge in [0.15, 0.2) is 0 Å². The van der Waals surface area contributed by atoms with Gasteiger partial charge in [0.1, 0.15) is 5.78 Å². The summed E-state index contributed by atoms with van der Waals surface area (Å²) in [6.07, 6.45) is 2.04. The first-order valence-electron chi connectivity index (χ1n) is 4.65. The third-order valence-electron chi connectivity index (χ3n) is 2.22. The fourth-order valence-corrected chi connectivity index (χ4v) is 3.23. The van der Waals surface area contributed by atoms with Crippen molar-refractivity contribution < 1.29 is 13.2 Å². The van der Waals surface area contributed by atoms with Crippen LogP contribution in [0.1, 0.15) is 26.7 Å². The maximum absolute atomic E-state index is 11.6. The molecule has 0 aromatic carbocycles. The Balaban J connectivity index is 2.69. The molecular weight excluding hydrogens is 234 g/mol. The Morgan fingerprint density at radius 3 is 2.73 bits per heavy atom. The van der Waals surface area contributed by atoms with Gasteiger partial charge in [-0.3, -0.25) is 9.52 Å². The van der Waals surface area contributed by atoms with Gasteiger partial charge in [0.2, 0.25) is 10.0 Å². The molecule has 0 bridgehead atoms. The van der Waals surface area contributed by atoms with Crippen molar-refractivity contribution in [1.82, 2.24) is 4.72 Å². The van der Waals surface area contributed by atoms with Gasteiger partial charge in [-0.2, -0.15) is 0 Å². The zero-order valence-electron chi connectivity index (χ0n) is 9.03. The molecule has 1 N–H and O–H groups in total. The fourth-order valence-electron chi connectivity index (χ4n) is 1.48. The van der Waals surface area contributed by atoms with E-state index in [4.69, 9.17) is 0 Å². The van der Waals surface area contributed by atoms with Crippen molar-refractivity contribution in [2.75, 3.05) is 6.26 Å². The topological polar surface area (TPSA) is 63.2 Å². The van der Waals surface area contributed by atoms with Crippen LogP contribution in [0.2, 0.25) is 0 Å². The molecule has 0 spiro atoms. The number of ketones is 1. The first kappa shape index (κ1) is 12.6. The van der Waals surface area contributed by atoms with Crippen LogP contribution in [0.15, 0.2) is 11.1 Å². The number of nitrogens with one attached hydrogen (secondary N) is 1. The molecule has 4 nitrogen and oxygen atoms in total. The standard InChI is InChI=1S/C9H15NO3S2/c1-4-8(11)9(2)5-7(6-14-9)10-15(3,12)13/h6,10H,4-5H2,1-3H3/t9-/m0/s1. The summed E-state index contributed by atoms with van der Waals surface area (Å²) in [4.78, 5) is 11.6. The number of rotatable bonds is 4. The summed E-state index contributed by atoms with van der Waals surface area (Å²) in [5.74, 6) is 0.147. The molecule has 1 aliphatic rings. The van der Waals surface area contributed by atoms with Gasteiger partial charge in [0, 0.05) is 18.5 Å². The molecule has 15 heavy (non-hydrogen) atoms. The summed E-state index contributed by atoms with van der Waals surface area (Å²) in [5, 5.41) is 1.72. The normalized spacial score (nSPS) is 26.2. The number of hydrogen-bond acceptors (Lipinski definition) is 4. The van der Waals surface area contributed by atoms with Crippen LogP contribution in [0, 0.1) is 0 Å². The lowest BCUT2D eigenvalue weighted by atomic mass is 9.98. The first-order valence-corrected chi connectivity index (χ1v) is 7.42. The molecule has 1 rings (SSSR count). The molecule has 0 amide bonds. The van der Waals surface area contributed by atoms with Gasteiger partial charge in [0.05, 0.1) is 11.0 Å². The highest BCUT2D eigenvalue weighted by molar-refractivity contribution is 8.04. The predicted octanol–water partition coefficient (Wildman–Crippen LogP) is 1.25. The van der Waals surface area contributed by atoms with Gasteiger partial charge in [0.25, 0.3) is 0 Å². The highest BCUT2D eigenvalue weighted by Crippen LogP contribution is 2.40. The number of carbonyl (C=O) groups excluding carboxylic acids is 1. The Kier molecular flexibility index (Phi) is 3.50. The van der Waals surface area contributed by atoms with Gasteiger partial charge < -0.3 is 0 Å². The zero-order valence-corrected chi connectivity index (χ0v) is 10.7. The van der Waals surface area contributed by atoms with Crippen molar-refractivity contribution in [1.29, 1.82) is 0 Å². The second-order valence-corrected chi connectivity index (χ2v) is 6.94. The van der Waals surface area contributed by atoms with Crippen molar-refractivity contribution >= 4 is 27.6 Å². The average molecular weight is 249 g/mol. The number of Topliss-reactive ketones (excluding diaryl/α,β-unsaturated/α-hetero) is 1. The number of carbonyl (C=O) groups is 1. The van der Waals surface area contributed by atoms with E-state index in [1.807, 2.05) is 13.8 Å². The molecule has 86 valence electrons.